The minimum Gasteiger partial charge on any atom is -0.461 e. The lowest BCUT2D eigenvalue weighted by molar-refractivity contribution is 0.0522. The van der Waals surface area contributed by atoms with Crippen LogP contribution in [0.3, 0.4) is 0 Å². The summed E-state index contributed by atoms with van der Waals surface area (Å²) in [5.41, 5.74) is 7.41. The molecule has 0 spiro atoms. The number of nitrogen functional groups attached to an aromatic ring is 1. The minimum atomic E-state index is -0.519. The highest BCUT2D eigenvalue weighted by molar-refractivity contribution is 6.00. The van der Waals surface area contributed by atoms with Gasteiger partial charge in [0.2, 0.25) is 5.95 Å². The van der Waals surface area contributed by atoms with Gasteiger partial charge in [-0.2, -0.15) is 10.1 Å². The molecule has 0 aliphatic carbocycles. The second-order valence-electron chi connectivity index (χ2n) is 5.02. The summed E-state index contributed by atoms with van der Waals surface area (Å²) in [6.45, 7) is 2.68. The van der Waals surface area contributed by atoms with Crippen LogP contribution in [0.15, 0.2) is 36.5 Å². The summed E-state index contributed by atoms with van der Waals surface area (Å²) >= 11 is 0. The highest BCUT2D eigenvalue weighted by atomic mass is 16.5. The van der Waals surface area contributed by atoms with Crippen LogP contribution in [0, 0.1) is 0 Å². The van der Waals surface area contributed by atoms with Gasteiger partial charge in [-0.25, -0.2) is 9.78 Å². The van der Waals surface area contributed by atoms with E-state index in [9.17, 15) is 4.79 Å². The number of anilines is 1. The number of esters is 1. The van der Waals surface area contributed by atoms with Gasteiger partial charge >= 0.3 is 5.97 Å². The third kappa shape index (κ3) is 3.28. The van der Waals surface area contributed by atoms with Crippen molar-refractivity contribution in [1.29, 1.82) is 0 Å². The Morgan fingerprint density at radius 3 is 2.78 bits per heavy atom. The molecule has 0 atom stereocenters. The van der Waals surface area contributed by atoms with Crippen LogP contribution in [-0.2, 0) is 17.7 Å². The molecule has 0 fully saturated rings. The molecule has 0 saturated carbocycles. The van der Waals surface area contributed by atoms with Crippen molar-refractivity contribution in [2.75, 3.05) is 12.3 Å². The van der Waals surface area contributed by atoms with Gasteiger partial charge in [-0.3, -0.25) is 4.68 Å². The molecule has 1 aromatic carbocycles. The van der Waals surface area contributed by atoms with E-state index in [2.05, 4.69) is 27.2 Å². The van der Waals surface area contributed by atoms with Gasteiger partial charge in [-0.15, -0.1) is 0 Å². The Morgan fingerprint density at radius 2 is 2.04 bits per heavy atom. The molecule has 2 aromatic heterocycles. The number of ether oxygens (including phenoxy) is 1. The van der Waals surface area contributed by atoms with E-state index in [1.54, 1.807) is 17.8 Å². The SMILES string of the molecule is CCOC(=O)c1nc(N)nc2nn(CCc3ccccc3)cc12. The number of carbonyl (C=O) groups excluding carboxylic acids is 1. The van der Waals surface area contributed by atoms with E-state index in [0.29, 0.717) is 17.6 Å². The first-order valence-corrected chi connectivity index (χ1v) is 7.39. The number of carbonyl (C=O) groups is 1. The average molecular weight is 311 g/mol. The lowest BCUT2D eigenvalue weighted by Crippen LogP contribution is -2.10. The van der Waals surface area contributed by atoms with E-state index >= 15 is 0 Å². The standard InChI is InChI=1S/C16H17N5O2/c1-2-23-15(22)13-12-10-21(20-14(12)19-16(17)18-13)9-8-11-6-4-3-5-7-11/h3-7,10H,2,8-9H2,1H3,(H2,17,19,20). The molecule has 0 unspecified atom stereocenters. The van der Waals surface area contributed by atoms with Gasteiger partial charge in [0.25, 0.3) is 0 Å². The number of nitrogens with two attached hydrogens (primary N) is 1. The first-order chi connectivity index (χ1) is 11.2. The van der Waals surface area contributed by atoms with Gasteiger partial charge in [0.1, 0.15) is 0 Å². The zero-order chi connectivity index (χ0) is 16.2. The van der Waals surface area contributed by atoms with Crippen LogP contribution >= 0.6 is 0 Å². The number of nitrogens with zero attached hydrogens (tertiary/aromatic N) is 4. The van der Waals surface area contributed by atoms with E-state index in [4.69, 9.17) is 10.5 Å². The fourth-order valence-corrected chi connectivity index (χ4v) is 2.33. The van der Waals surface area contributed by atoms with Crippen LogP contribution in [0.1, 0.15) is 23.0 Å². The summed E-state index contributed by atoms with van der Waals surface area (Å²) < 4.78 is 6.75. The Bertz CT molecular complexity index is 829. The van der Waals surface area contributed by atoms with Gasteiger partial charge in [-0.05, 0) is 18.9 Å². The Balaban J connectivity index is 1.89. The zero-order valence-electron chi connectivity index (χ0n) is 12.8. The van der Waals surface area contributed by atoms with Gasteiger partial charge < -0.3 is 10.5 Å². The van der Waals surface area contributed by atoms with Crippen LogP contribution in [0.4, 0.5) is 5.95 Å². The number of rotatable bonds is 5. The third-order valence-corrected chi connectivity index (χ3v) is 3.39. The van der Waals surface area contributed by atoms with E-state index in [0.717, 1.165) is 6.42 Å². The number of hydrogen-bond acceptors (Lipinski definition) is 6. The first kappa shape index (κ1) is 15.0. The molecule has 3 rings (SSSR count). The van der Waals surface area contributed by atoms with Crippen molar-refractivity contribution < 1.29 is 9.53 Å². The molecular weight excluding hydrogens is 294 g/mol. The maximum atomic E-state index is 12.0. The Hall–Kier alpha value is -2.96. The number of hydrogen-bond donors (Lipinski definition) is 1. The van der Waals surface area contributed by atoms with E-state index < -0.39 is 5.97 Å². The van der Waals surface area contributed by atoms with Crippen molar-refractivity contribution in [3.63, 3.8) is 0 Å². The minimum absolute atomic E-state index is 0.00821. The van der Waals surface area contributed by atoms with Crippen LogP contribution in [0.2, 0.25) is 0 Å². The van der Waals surface area contributed by atoms with Crippen LogP contribution in [-0.4, -0.2) is 32.3 Å². The van der Waals surface area contributed by atoms with Crippen molar-refractivity contribution in [1.82, 2.24) is 19.7 Å². The molecule has 0 amide bonds. The first-order valence-electron chi connectivity index (χ1n) is 7.39. The zero-order valence-corrected chi connectivity index (χ0v) is 12.8. The van der Waals surface area contributed by atoms with Crippen molar-refractivity contribution in [3.8, 4) is 0 Å². The Labute approximate surface area is 133 Å². The van der Waals surface area contributed by atoms with Crippen LogP contribution in [0.25, 0.3) is 11.0 Å². The topological polar surface area (TPSA) is 95.9 Å². The van der Waals surface area contributed by atoms with E-state index in [1.807, 2.05) is 18.2 Å². The van der Waals surface area contributed by atoms with Gasteiger partial charge in [-0.1, -0.05) is 30.3 Å². The molecule has 3 aromatic rings. The molecule has 2 heterocycles. The fourth-order valence-electron chi connectivity index (χ4n) is 2.33. The van der Waals surface area contributed by atoms with Gasteiger partial charge in [0.05, 0.1) is 12.0 Å². The summed E-state index contributed by atoms with van der Waals surface area (Å²) in [7, 11) is 0. The molecule has 2 N–H and O–H groups in total. The normalized spacial score (nSPS) is 10.8. The van der Waals surface area contributed by atoms with Crippen molar-refractivity contribution in [3.05, 3.63) is 47.8 Å². The van der Waals surface area contributed by atoms with E-state index in [1.165, 1.54) is 5.56 Å². The summed E-state index contributed by atoms with van der Waals surface area (Å²) in [6.07, 6.45) is 2.58. The second kappa shape index (κ2) is 6.43. The lowest BCUT2D eigenvalue weighted by Gasteiger charge is -2.02. The predicted molar refractivity (Wildman–Crippen MR) is 85.8 cm³/mol. The number of benzene rings is 1. The van der Waals surface area contributed by atoms with Crippen molar-refractivity contribution in [2.45, 2.75) is 19.9 Å². The third-order valence-electron chi connectivity index (χ3n) is 3.39. The summed E-state index contributed by atoms with van der Waals surface area (Å²) in [5.74, 6) is -0.511. The van der Waals surface area contributed by atoms with Crippen molar-refractivity contribution >= 4 is 23.0 Å². The van der Waals surface area contributed by atoms with E-state index in [-0.39, 0.29) is 18.2 Å². The molecular formula is C16H17N5O2. The maximum Gasteiger partial charge on any atom is 0.357 e. The average Bonchev–Trinajstić information content (AvgIpc) is 2.96. The van der Waals surface area contributed by atoms with Crippen LogP contribution < -0.4 is 5.73 Å². The second-order valence-corrected chi connectivity index (χ2v) is 5.02. The van der Waals surface area contributed by atoms with Gasteiger partial charge in [0, 0.05) is 12.7 Å². The Morgan fingerprint density at radius 1 is 1.26 bits per heavy atom. The quantitative estimate of drug-likeness (QED) is 0.722. The monoisotopic (exact) mass is 311 g/mol. The highest BCUT2D eigenvalue weighted by Crippen LogP contribution is 2.17. The van der Waals surface area contributed by atoms with Crippen LogP contribution in [0.5, 0.6) is 0 Å². The summed E-state index contributed by atoms with van der Waals surface area (Å²) in [5, 5.41) is 4.92. The molecule has 7 nitrogen and oxygen atoms in total. The predicted octanol–water partition coefficient (Wildman–Crippen LogP) is 1.83. The number of fused-ring (bicyclic) bond motifs is 1. The molecule has 0 aliphatic heterocycles. The van der Waals surface area contributed by atoms with Gasteiger partial charge in [0.15, 0.2) is 11.3 Å². The molecule has 0 bridgehead atoms. The maximum absolute atomic E-state index is 12.0. The molecule has 118 valence electrons. The molecule has 0 radical (unpaired) electrons. The summed E-state index contributed by atoms with van der Waals surface area (Å²) in [4.78, 5) is 20.1. The lowest BCUT2D eigenvalue weighted by atomic mass is 10.1. The number of aryl methyl sites for hydroxylation is 2. The molecule has 7 heteroatoms. The molecule has 0 saturated heterocycles. The smallest absolute Gasteiger partial charge is 0.357 e. The highest BCUT2D eigenvalue weighted by Gasteiger charge is 2.18. The number of aromatic nitrogens is 4. The fraction of sp³-hybridized carbons (Fsp3) is 0.250. The summed E-state index contributed by atoms with van der Waals surface area (Å²) in [6, 6.07) is 10.1. The molecule has 0 aliphatic rings. The molecule has 23 heavy (non-hydrogen) atoms. The van der Waals surface area contributed by atoms with Crippen molar-refractivity contribution in [2.24, 2.45) is 0 Å². The largest absolute Gasteiger partial charge is 0.461 e. The Kier molecular flexibility index (Phi) is 4.18.